The van der Waals surface area contributed by atoms with Crippen LogP contribution in [0.25, 0.3) is 0 Å². The molecule has 1 unspecified atom stereocenters. The molecule has 1 atom stereocenters. The number of rotatable bonds is 2. The fourth-order valence-corrected chi connectivity index (χ4v) is 1.39. The zero-order valence-electron chi connectivity index (χ0n) is 6.75. The lowest BCUT2D eigenvalue weighted by Crippen LogP contribution is -2.34. The highest BCUT2D eigenvalue weighted by Crippen LogP contribution is 2.10. The van der Waals surface area contributed by atoms with Gasteiger partial charge in [-0.25, -0.2) is 0 Å². The van der Waals surface area contributed by atoms with Crippen LogP contribution in [0.1, 0.15) is 6.42 Å². The Labute approximate surface area is 62.2 Å². The smallest absolute Gasteiger partial charge is 0.0956 e. The molecule has 1 rings (SSSR count). The van der Waals surface area contributed by atoms with Crippen LogP contribution in [0.4, 0.5) is 0 Å². The number of aliphatic hydroxyl groups is 1. The Morgan fingerprint density at radius 1 is 1.70 bits per heavy atom. The number of aliphatic hydroxyl groups excluding tert-OH is 1. The standard InChI is InChI=1S/C7H16N2O/c1-8-4-3-7(5-8)9(2)6-10/h7,10H,3-6H2,1-2H3. The van der Waals surface area contributed by atoms with Crippen LogP contribution < -0.4 is 0 Å². The highest BCUT2D eigenvalue weighted by Gasteiger charge is 2.21. The predicted octanol–water partition coefficient (Wildman–Crippen LogP) is -0.428. The van der Waals surface area contributed by atoms with Gasteiger partial charge in [-0.3, -0.25) is 4.90 Å². The first-order chi connectivity index (χ1) is 4.74. The van der Waals surface area contributed by atoms with E-state index in [1.54, 1.807) is 0 Å². The Balaban J connectivity index is 2.29. The van der Waals surface area contributed by atoms with Crippen LogP contribution in [-0.4, -0.2) is 54.9 Å². The van der Waals surface area contributed by atoms with E-state index in [1.165, 1.54) is 6.42 Å². The molecular formula is C7H16N2O. The molecule has 0 saturated carbocycles. The quantitative estimate of drug-likeness (QED) is 0.533. The van der Waals surface area contributed by atoms with Crippen LogP contribution in [0.3, 0.4) is 0 Å². The van der Waals surface area contributed by atoms with Gasteiger partial charge in [0.15, 0.2) is 0 Å². The average molecular weight is 144 g/mol. The molecule has 0 spiro atoms. The van der Waals surface area contributed by atoms with Gasteiger partial charge in [-0.2, -0.15) is 0 Å². The van der Waals surface area contributed by atoms with E-state index in [9.17, 15) is 0 Å². The molecule has 3 heteroatoms. The third kappa shape index (κ3) is 1.68. The summed E-state index contributed by atoms with van der Waals surface area (Å²) < 4.78 is 0. The number of nitrogens with zero attached hydrogens (tertiary/aromatic N) is 2. The minimum absolute atomic E-state index is 0.179. The van der Waals surface area contributed by atoms with Crippen molar-refractivity contribution in [3.8, 4) is 0 Å². The molecule has 0 amide bonds. The monoisotopic (exact) mass is 144 g/mol. The molecule has 0 aliphatic carbocycles. The predicted molar refractivity (Wildman–Crippen MR) is 40.8 cm³/mol. The lowest BCUT2D eigenvalue weighted by Gasteiger charge is -2.20. The Kier molecular flexibility index (Phi) is 2.65. The summed E-state index contributed by atoms with van der Waals surface area (Å²) in [6, 6.07) is 0.565. The van der Waals surface area contributed by atoms with Crippen LogP contribution in [-0.2, 0) is 0 Å². The van der Waals surface area contributed by atoms with Crippen LogP contribution in [0.15, 0.2) is 0 Å². The van der Waals surface area contributed by atoms with Crippen molar-refractivity contribution < 1.29 is 5.11 Å². The third-order valence-electron chi connectivity index (χ3n) is 2.21. The van der Waals surface area contributed by atoms with E-state index in [4.69, 9.17) is 5.11 Å². The summed E-state index contributed by atoms with van der Waals surface area (Å²) in [6.45, 7) is 2.44. The lowest BCUT2D eigenvalue weighted by atomic mass is 10.2. The van der Waals surface area contributed by atoms with Crippen molar-refractivity contribution in [2.24, 2.45) is 0 Å². The van der Waals surface area contributed by atoms with Crippen molar-refractivity contribution in [2.75, 3.05) is 33.9 Å². The second-order valence-corrected chi connectivity index (χ2v) is 3.10. The van der Waals surface area contributed by atoms with Crippen molar-refractivity contribution in [3.63, 3.8) is 0 Å². The van der Waals surface area contributed by atoms with E-state index in [0.717, 1.165) is 13.1 Å². The highest BCUT2D eigenvalue weighted by atomic mass is 16.3. The van der Waals surface area contributed by atoms with Crippen molar-refractivity contribution >= 4 is 0 Å². The summed E-state index contributed by atoms with van der Waals surface area (Å²) in [6.07, 6.45) is 1.19. The zero-order valence-corrected chi connectivity index (χ0v) is 6.75. The average Bonchev–Trinajstić information content (AvgIpc) is 2.34. The van der Waals surface area contributed by atoms with Gasteiger partial charge in [0.2, 0.25) is 0 Å². The molecule has 0 bridgehead atoms. The van der Waals surface area contributed by atoms with Crippen LogP contribution in [0, 0.1) is 0 Å². The van der Waals surface area contributed by atoms with Gasteiger partial charge in [0.1, 0.15) is 0 Å². The molecule has 1 aliphatic heterocycles. The van der Waals surface area contributed by atoms with E-state index in [-0.39, 0.29) is 6.73 Å². The molecule has 1 aliphatic rings. The van der Waals surface area contributed by atoms with Crippen molar-refractivity contribution in [3.05, 3.63) is 0 Å². The first-order valence-corrected chi connectivity index (χ1v) is 3.73. The van der Waals surface area contributed by atoms with Gasteiger partial charge in [-0.1, -0.05) is 0 Å². The molecule has 3 nitrogen and oxygen atoms in total. The molecule has 0 aromatic heterocycles. The van der Waals surface area contributed by atoms with Crippen LogP contribution in [0.5, 0.6) is 0 Å². The van der Waals surface area contributed by atoms with E-state index in [2.05, 4.69) is 11.9 Å². The second kappa shape index (κ2) is 3.32. The first-order valence-electron chi connectivity index (χ1n) is 3.73. The van der Waals surface area contributed by atoms with Gasteiger partial charge >= 0.3 is 0 Å². The van der Waals surface area contributed by atoms with Crippen molar-refractivity contribution in [1.29, 1.82) is 0 Å². The second-order valence-electron chi connectivity index (χ2n) is 3.10. The lowest BCUT2D eigenvalue weighted by molar-refractivity contribution is 0.0965. The Bertz CT molecular complexity index is 108. The summed E-state index contributed by atoms with van der Waals surface area (Å²) in [4.78, 5) is 4.28. The normalized spacial score (nSPS) is 28.2. The summed E-state index contributed by atoms with van der Waals surface area (Å²) in [5.74, 6) is 0. The highest BCUT2D eigenvalue weighted by molar-refractivity contribution is 4.78. The molecule has 10 heavy (non-hydrogen) atoms. The maximum absolute atomic E-state index is 8.79. The largest absolute Gasteiger partial charge is 0.381 e. The Morgan fingerprint density at radius 3 is 2.80 bits per heavy atom. The van der Waals surface area contributed by atoms with Crippen LogP contribution >= 0.6 is 0 Å². The number of likely N-dealkylation sites (N-methyl/N-ethyl adjacent to an activating group) is 2. The third-order valence-corrected chi connectivity index (χ3v) is 2.21. The molecule has 1 heterocycles. The zero-order chi connectivity index (χ0) is 7.56. The Morgan fingerprint density at radius 2 is 2.40 bits per heavy atom. The SMILES string of the molecule is CN1CCC(N(C)CO)C1. The molecular weight excluding hydrogens is 128 g/mol. The minimum Gasteiger partial charge on any atom is -0.381 e. The van der Waals surface area contributed by atoms with Crippen molar-refractivity contribution in [1.82, 2.24) is 9.80 Å². The molecule has 1 fully saturated rings. The number of hydrogen-bond donors (Lipinski definition) is 1. The molecule has 1 N–H and O–H groups in total. The molecule has 0 radical (unpaired) electrons. The van der Waals surface area contributed by atoms with Gasteiger partial charge in [-0.05, 0) is 27.1 Å². The molecule has 0 aromatic rings. The van der Waals surface area contributed by atoms with Crippen LogP contribution in [0.2, 0.25) is 0 Å². The van der Waals surface area contributed by atoms with E-state index in [1.807, 2.05) is 11.9 Å². The summed E-state index contributed by atoms with van der Waals surface area (Å²) >= 11 is 0. The fraction of sp³-hybridized carbons (Fsp3) is 1.00. The van der Waals surface area contributed by atoms with Gasteiger partial charge in [-0.15, -0.1) is 0 Å². The van der Waals surface area contributed by atoms with Gasteiger partial charge in [0.05, 0.1) is 6.73 Å². The maximum Gasteiger partial charge on any atom is 0.0956 e. The maximum atomic E-state index is 8.79. The van der Waals surface area contributed by atoms with Gasteiger partial charge < -0.3 is 10.0 Å². The van der Waals surface area contributed by atoms with Crippen molar-refractivity contribution in [2.45, 2.75) is 12.5 Å². The van der Waals surface area contributed by atoms with E-state index >= 15 is 0 Å². The van der Waals surface area contributed by atoms with Gasteiger partial charge in [0, 0.05) is 12.6 Å². The topological polar surface area (TPSA) is 26.7 Å². The summed E-state index contributed by atoms with van der Waals surface area (Å²) in [7, 11) is 4.08. The summed E-state index contributed by atoms with van der Waals surface area (Å²) in [5, 5.41) is 8.79. The number of likely N-dealkylation sites (tertiary alicyclic amines) is 1. The summed E-state index contributed by atoms with van der Waals surface area (Å²) in [5.41, 5.74) is 0. The molecule has 1 saturated heterocycles. The number of hydrogen-bond acceptors (Lipinski definition) is 3. The van der Waals surface area contributed by atoms with E-state index < -0.39 is 0 Å². The minimum atomic E-state index is 0.179. The first kappa shape index (κ1) is 7.98. The molecule has 60 valence electrons. The van der Waals surface area contributed by atoms with Gasteiger partial charge in [0.25, 0.3) is 0 Å². The Hall–Kier alpha value is -0.120. The van der Waals surface area contributed by atoms with E-state index in [0.29, 0.717) is 6.04 Å². The fourth-order valence-electron chi connectivity index (χ4n) is 1.39. The molecule has 0 aromatic carbocycles.